The highest BCUT2D eigenvalue weighted by Crippen LogP contribution is 2.27. The molecule has 0 aliphatic heterocycles. The van der Waals surface area contributed by atoms with E-state index in [2.05, 4.69) is 32.9 Å². The SMILES string of the molecule is COc1cc(CSCc2csc(NC(=O)c3ccccc3I)n2)cc(OC)c1. The predicted octanol–water partition coefficient (Wildman–Crippen LogP) is 5.45. The van der Waals surface area contributed by atoms with Gasteiger partial charge < -0.3 is 9.47 Å². The van der Waals surface area contributed by atoms with Crippen molar-refractivity contribution in [1.29, 1.82) is 0 Å². The standard InChI is InChI=1S/C20H19IN2O3S2/c1-25-15-7-13(8-16(9-15)26-2)10-27-11-14-12-28-20(22-14)23-19(24)17-5-3-4-6-18(17)21/h3-9,12H,10-11H2,1-2H3,(H,22,23,24). The van der Waals surface area contributed by atoms with Crippen LogP contribution in [0.4, 0.5) is 5.13 Å². The number of methoxy groups -OCH3 is 2. The Bertz CT molecular complexity index is 940. The third-order valence-electron chi connectivity index (χ3n) is 3.82. The number of thiazole rings is 1. The van der Waals surface area contributed by atoms with Crippen LogP contribution in [0.5, 0.6) is 11.5 Å². The molecule has 2 aromatic carbocycles. The predicted molar refractivity (Wildman–Crippen MR) is 124 cm³/mol. The van der Waals surface area contributed by atoms with Crippen LogP contribution in [0.15, 0.2) is 47.8 Å². The molecule has 0 atom stereocenters. The Balaban J connectivity index is 1.55. The molecule has 0 bridgehead atoms. The van der Waals surface area contributed by atoms with Gasteiger partial charge in [0.1, 0.15) is 11.5 Å². The Labute approximate surface area is 186 Å². The lowest BCUT2D eigenvalue weighted by molar-refractivity contribution is 0.102. The second-order valence-electron chi connectivity index (χ2n) is 5.79. The highest BCUT2D eigenvalue weighted by Gasteiger charge is 2.12. The summed E-state index contributed by atoms with van der Waals surface area (Å²) in [6.45, 7) is 0. The molecular weight excluding hydrogens is 507 g/mol. The number of rotatable bonds is 8. The molecule has 0 unspecified atom stereocenters. The van der Waals surface area contributed by atoms with E-state index >= 15 is 0 Å². The van der Waals surface area contributed by atoms with E-state index in [1.165, 1.54) is 11.3 Å². The van der Waals surface area contributed by atoms with Gasteiger partial charge in [0.25, 0.3) is 5.91 Å². The van der Waals surface area contributed by atoms with Crippen molar-refractivity contribution in [3.05, 3.63) is 68.2 Å². The summed E-state index contributed by atoms with van der Waals surface area (Å²) in [7, 11) is 3.29. The number of hydrogen-bond acceptors (Lipinski definition) is 6. The molecular formula is C20H19IN2O3S2. The molecule has 146 valence electrons. The number of carbonyl (C=O) groups excluding carboxylic acids is 1. The maximum atomic E-state index is 12.4. The summed E-state index contributed by atoms with van der Waals surface area (Å²) >= 11 is 5.34. The Kier molecular flexibility index (Phi) is 7.57. The zero-order valence-corrected chi connectivity index (χ0v) is 19.2. The summed E-state index contributed by atoms with van der Waals surface area (Å²) in [5.74, 6) is 3.00. The van der Waals surface area contributed by atoms with Gasteiger partial charge in [0.2, 0.25) is 0 Å². The van der Waals surface area contributed by atoms with E-state index in [0.717, 1.165) is 37.8 Å². The second kappa shape index (κ2) is 10.1. The largest absolute Gasteiger partial charge is 0.497 e. The lowest BCUT2D eigenvalue weighted by Gasteiger charge is -2.08. The van der Waals surface area contributed by atoms with Crippen LogP contribution in [0, 0.1) is 3.57 Å². The van der Waals surface area contributed by atoms with E-state index < -0.39 is 0 Å². The minimum Gasteiger partial charge on any atom is -0.497 e. The van der Waals surface area contributed by atoms with Gasteiger partial charge in [0.15, 0.2) is 5.13 Å². The Morgan fingerprint density at radius 1 is 1.14 bits per heavy atom. The summed E-state index contributed by atoms with van der Waals surface area (Å²) in [6.07, 6.45) is 0. The van der Waals surface area contributed by atoms with Crippen LogP contribution < -0.4 is 14.8 Å². The first-order valence-corrected chi connectivity index (χ1v) is 11.5. The number of carbonyl (C=O) groups is 1. The van der Waals surface area contributed by atoms with Crippen molar-refractivity contribution in [2.45, 2.75) is 11.5 Å². The number of amides is 1. The number of anilines is 1. The number of ether oxygens (including phenoxy) is 2. The quantitative estimate of drug-likeness (QED) is 0.396. The molecule has 28 heavy (non-hydrogen) atoms. The van der Waals surface area contributed by atoms with Crippen molar-refractivity contribution in [2.75, 3.05) is 19.5 Å². The highest BCUT2D eigenvalue weighted by molar-refractivity contribution is 14.1. The number of nitrogens with one attached hydrogen (secondary N) is 1. The van der Waals surface area contributed by atoms with E-state index in [9.17, 15) is 4.79 Å². The minimum absolute atomic E-state index is 0.137. The van der Waals surface area contributed by atoms with E-state index in [-0.39, 0.29) is 5.91 Å². The van der Waals surface area contributed by atoms with E-state index in [4.69, 9.17) is 9.47 Å². The monoisotopic (exact) mass is 526 g/mol. The number of thioether (sulfide) groups is 1. The summed E-state index contributed by atoms with van der Waals surface area (Å²) in [4.78, 5) is 16.9. The molecule has 0 fully saturated rings. The fourth-order valence-corrected chi connectivity index (χ4v) is 4.77. The first-order valence-electron chi connectivity index (χ1n) is 8.39. The van der Waals surface area contributed by atoms with Crippen LogP contribution in [-0.2, 0) is 11.5 Å². The lowest BCUT2D eigenvalue weighted by Crippen LogP contribution is -2.13. The van der Waals surface area contributed by atoms with Gasteiger partial charge in [-0.2, -0.15) is 11.8 Å². The van der Waals surface area contributed by atoms with Crippen molar-refractivity contribution < 1.29 is 14.3 Å². The van der Waals surface area contributed by atoms with Crippen molar-refractivity contribution in [3.8, 4) is 11.5 Å². The molecule has 0 saturated heterocycles. The third-order valence-corrected chi connectivity index (χ3v) is 6.61. The molecule has 0 radical (unpaired) electrons. The molecule has 1 aromatic heterocycles. The molecule has 1 heterocycles. The van der Waals surface area contributed by atoms with Crippen molar-refractivity contribution in [2.24, 2.45) is 0 Å². The Morgan fingerprint density at radius 3 is 2.54 bits per heavy atom. The average molecular weight is 526 g/mol. The fraction of sp³-hybridized carbons (Fsp3) is 0.200. The van der Waals surface area contributed by atoms with Crippen LogP contribution in [0.25, 0.3) is 0 Å². The molecule has 0 spiro atoms. The number of halogens is 1. The summed E-state index contributed by atoms with van der Waals surface area (Å²) in [6, 6.07) is 13.4. The van der Waals surface area contributed by atoms with Crippen LogP contribution >= 0.6 is 45.7 Å². The van der Waals surface area contributed by atoms with Crippen LogP contribution in [0.1, 0.15) is 21.6 Å². The molecule has 8 heteroatoms. The first kappa shape index (κ1) is 20.9. The molecule has 1 N–H and O–H groups in total. The summed E-state index contributed by atoms with van der Waals surface area (Å²) in [5, 5.41) is 5.47. The summed E-state index contributed by atoms with van der Waals surface area (Å²) < 4.78 is 11.5. The van der Waals surface area contributed by atoms with Gasteiger partial charge in [0, 0.05) is 26.5 Å². The van der Waals surface area contributed by atoms with Crippen LogP contribution in [0.3, 0.4) is 0 Å². The van der Waals surface area contributed by atoms with E-state index in [1.807, 2.05) is 47.8 Å². The number of nitrogens with zero attached hydrogens (tertiary/aromatic N) is 1. The maximum Gasteiger partial charge on any atom is 0.258 e. The second-order valence-corrected chi connectivity index (χ2v) is 8.80. The molecule has 5 nitrogen and oxygen atoms in total. The minimum atomic E-state index is -0.137. The zero-order valence-electron chi connectivity index (χ0n) is 15.4. The Morgan fingerprint density at radius 2 is 1.86 bits per heavy atom. The molecule has 3 rings (SSSR count). The van der Waals surface area contributed by atoms with Crippen molar-refractivity contribution in [1.82, 2.24) is 4.98 Å². The summed E-state index contributed by atoms with van der Waals surface area (Å²) in [5.41, 5.74) is 2.73. The molecule has 0 aliphatic rings. The van der Waals surface area contributed by atoms with Crippen LogP contribution in [-0.4, -0.2) is 25.1 Å². The van der Waals surface area contributed by atoms with E-state index in [0.29, 0.717) is 10.7 Å². The average Bonchev–Trinajstić information content (AvgIpc) is 3.15. The maximum absolute atomic E-state index is 12.4. The van der Waals surface area contributed by atoms with Crippen molar-refractivity contribution >= 4 is 56.7 Å². The number of benzene rings is 2. The highest BCUT2D eigenvalue weighted by atomic mass is 127. The number of aromatic nitrogens is 1. The molecule has 3 aromatic rings. The number of hydrogen-bond donors (Lipinski definition) is 1. The van der Waals surface area contributed by atoms with Gasteiger partial charge in [-0.25, -0.2) is 4.98 Å². The lowest BCUT2D eigenvalue weighted by atomic mass is 10.2. The smallest absolute Gasteiger partial charge is 0.258 e. The first-order chi connectivity index (χ1) is 13.6. The van der Waals surface area contributed by atoms with E-state index in [1.54, 1.807) is 26.0 Å². The van der Waals surface area contributed by atoms with Crippen molar-refractivity contribution in [3.63, 3.8) is 0 Å². The molecule has 0 saturated carbocycles. The molecule has 0 aliphatic carbocycles. The van der Waals surface area contributed by atoms with Gasteiger partial charge in [0.05, 0.1) is 25.5 Å². The fourth-order valence-electron chi connectivity index (χ4n) is 2.46. The molecule has 1 amide bonds. The topological polar surface area (TPSA) is 60.5 Å². The van der Waals surface area contributed by atoms with Gasteiger partial charge in [-0.3, -0.25) is 10.1 Å². The third kappa shape index (κ3) is 5.62. The zero-order chi connectivity index (χ0) is 19.9. The normalized spacial score (nSPS) is 10.5. The Hall–Kier alpha value is -1.78. The van der Waals surface area contributed by atoms with Gasteiger partial charge >= 0.3 is 0 Å². The van der Waals surface area contributed by atoms with Gasteiger partial charge in [-0.1, -0.05) is 12.1 Å². The van der Waals surface area contributed by atoms with Gasteiger partial charge in [-0.15, -0.1) is 11.3 Å². The van der Waals surface area contributed by atoms with Crippen LogP contribution in [0.2, 0.25) is 0 Å². The van der Waals surface area contributed by atoms with Gasteiger partial charge in [-0.05, 0) is 52.4 Å².